The van der Waals surface area contributed by atoms with E-state index in [-0.39, 0.29) is 56.2 Å². The van der Waals surface area contributed by atoms with Gasteiger partial charge in [0.15, 0.2) is 5.75 Å². The SMILES string of the molecule is Br.Br.O=CCc1cnc2ccc(-c3cc(Cl)c(O)c(Cl)c3)cc2c1Nc1ccc(CN2CCCC2)cc1. The summed E-state index contributed by atoms with van der Waals surface area (Å²) in [7, 11) is 0. The smallest absolute Gasteiger partial charge is 0.152 e. The van der Waals surface area contributed by atoms with Gasteiger partial charge in [-0.15, -0.1) is 34.0 Å². The van der Waals surface area contributed by atoms with E-state index in [4.69, 9.17) is 23.2 Å². The number of aromatic hydroxyl groups is 1. The summed E-state index contributed by atoms with van der Waals surface area (Å²) in [6.45, 7) is 3.30. The highest BCUT2D eigenvalue weighted by molar-refractivity contribution is 8.93. The lowest BCUT2D eigenvalue weighted by atomic mass is 10.00. The maximum absolute atomic E-state index is 11.4. The van der Waals surface area contributed by atoms with Crippen LogP contribution in [0.2, 0.25) is 10.0 Å². The Labute approximate surface area is 247 Å². The number of pyridine rings is 1. The minimum atomic E-state index is -0.136. The molecule has 37 heavy (non-hydrogen) atoms. The van der Waals surface area contributed by atoms with Crippen LogP contribution in [0, 0.1) is 0 Å². The maximum atomic E-state index is 11.4. The molecule has 194 valence electrons. The predicted molar refractivity (Wildman–Crippen MR) is 164 cm³/mol. The third-order valence-electron chi connectivity index (χ3n) is 6.43. The van der Waals surface area contributed by atoms with E-state index in [2.05, 4.69) is 39.5 Å². The molecule has 0 atom stereocenters. The van der Waals surface area contributed by atoms with Gasteiger partial charge in [0, 0.05) is 35.8 Å². The van der Waals surface area contributed by atoms with Gasteiger partial charge >= 0.3 is 0 Å². The minimum absolute atomic E-state index is 0. The summed E-state index contributed by atoms with van der Waals surface area (Å²) < 4.78 is 0. The van der Waals surface area contributed by atoms with Crippen LogP contribution in [0.1, 0.15) is 24.0 Å². The maximum Gasteiger partial charge on any atom is 0.152 e. The van der Waals surface area contributed by atoms with E-state index in [0.717, 1.165) is 64.9 Å². The second-order valence-electron chi connectivity index (χ2n) is 8.85. The summed E-state index contributed by atoms with van der Waals surface area (Å²) in [5.74, 6) is -0.136. The second kappa shape index (κ2) is 13.1. The van der Waals surface area contributed by atoms with Gasteiger partial charge in [-0.05, 0) is 79.0 Å². The van der Waals surface area contributed by atoms with Crippen LogP contribution in [0.15, 0.2) is 60.8 Å². The lowest BCUT2D eigenvalue weighted by molar-refractivity contribution is -0.107. The number of carbonyl (C=O) groups excluding carboxylic acids is 1. The fourth-order valence-corrected chi connectivity index (χ4v) is 5.06. The molecule has 3 aromatic carbocycles. The van der Waals surface area contributed by atoms with Gasteiger partial charge in [0.1, 0.15) is 6.29 Å². The summed E-state index contributed by atoms with van der Waals surface area (Å²) >= 11 is 12.3. The average Bonchev–Trinajstić information content (AvgIpc) is 3.37. The standard InChI is InChI=1S/C28H25Cl2N3O2.2BrH/c29-24-14-21(15-25(30)28(24)35)19-5-8-26-23(13-19)27(20(9-12-34)16-31-26)32-22-6-3-18(4-7-22)17-33-10-1-2-11-33;;/h3-8,12-16,35H,1-2,9-11,17H2,(H,31,32);2*1H. The van der Waals surface area contributed by atoms with Crippen LogP contribution in [0.3, 0.4) is 0 Å². The number of anilines is 2. The van der Waals surface area contributed by atoms with Gasteiger partial charge in [0.05, 0.1) is 21.2 Å². The van der Waals surface area contributed by atoms with Crippen molar-refractivity contribution in [1.29, 1.82) is 0 Å². The first kappa shape index (κ1) is 29.4. The van der Waals surface area contributed by atoms with Crippen molar-refractivity contribution < 1.29 is 9.90 Å². The molecule has 0 radical (unpaired) electrons. The van der Waals surface area contributed by atoms with E-state index >= 15 is 0 Å². The van der Waals surface area contributed by atoms with Crippen molar-refractivity contribution in [1.82, 2.24) is 9.88 Å². The molecule has 0 unspecified atom stereocenters. The third-order valence-corrected chi connectivity index (χ3v) is 7.00. The van der Waals surface area contributed by atoms with Crippen LogP contribution in [0.5, 0.6) is 5.75 Å². The number of hydrogen-bond acceptors (Lipinski definition) is 5. The number of carbonyl (C=O) groups is 1. The van der Waals surface area contributed by atoms with Gasteiger partial charge in [-0.1, -0.05) is 41.4 Å². The van der Waals surface area contributed by atoms with Crippen molar-refractivity contribution in [3.05, 3.63) is 82.0 Å². The highest BCUT2D eigenvalue weighted by Gasteiger charge is 2.14. The number of rotatable bonds is 7. The Balaban J connectivity index is 0.00000190. The molecule has 1 saturated heterocycles. The van der Waals surface area contributed by atoms with Crippen molar-refractivity contribution in [2.75, 3.05) is 18.4 Å². The first-order valence-corrected chi connectivity index (χ1v) is 12.4. The molecule has 5 rings (SSSR count). The van der Waals surface area contributed by atoms with E-state index in [9.17, 15) is 9.90 Å². The Morgan fingerprint density at radius 2 is 1.62 bits per heavy atom. The van der Waals surface area contributed by atoms with Crippen molar-refractivity contribution in [3.8, 4) is 16.9 Å². The van der Waals surface area contributed by atoms with Crippen molar-refractivity contribution in [2.45, 2.75) is 25.8 Å². The predicted octanol–water partition coefficient (Wildman–Crippen LogP) is 8.15. The summed E-state index contributed by atoms with van der Waals surface area (Å²) in [6, 6.07) is 17.7. The fraction of sp³-hybridized carbons (Fsp3) is 0.214. The van der Waals surface area contributed by atoms with Crippen LogP contribution >= 0.6 is 57.2 Å². The van der Waals surface area contributed by atoms with Crippen molar-refractivity contribution in [2.24, 2.45) is 0 Å². The van der Waals surface area contributed by atoms with Gasteiger partial charge in [-0.3, -0.25) is 9.88 Å². The van der Waals surface area contributed by atoms with E-state index in [1.165, 1.54) is 18.4 Å². The van der Waals surface area contributed by atoms with Crippen LogP contribution in [0.25, 0.3) is 22.0 Å². The monoisotopic (exact) mass is 665 g/mol. The topological polar surface area (TPSA) is 65.5 Å². The molecule has 1 fully saturated rings. The highest BCUT2D eigenvalue weighted by Crippen LogP contribution is 2.38. The van der Waals surface area contributed by atoms with Gasteiger partial charge in [-0.25, -0.2) is 0 Å². The normalized spacial score (nSPS) is 13.1. The Morgan fingerprint density at radius 1 is 0.946 bits per heavy atom. The van der Waals surface area contributed by atoms with Gasteiger partial charge in [0.2, 0.25) is 0 Å². The third kappa shape index (κ3) is 6.65. The Bertz CT molecular complexity index is 1370. The van der Waals surface area contributed by atoms with Crippen LogP contribution in [-0.4, -0.2) is 34.4 Å². The Hall–Kier alpha value is -2.16. The molecule has 2 N–H and O–H groups in total. The van der Waals surface area contributed by atoms with Crippen molar-refractivity contribution >= 4 is 85.7 Å². The summed E-state index contributed by atoms with van der Waals surface area (Å²) in [4.78, 5) is 18.4. The summed E-state index contributed by atoms with van der Waals surface area (Å²) in [5.41, 5.74) is 6.32. The molecule has 1 aliphatic heterocycles. The molecule has 1 aromatic heterocycles. The van der Waals surface area contributed by atoms with E-state index in [0.29, 0.717) is 0 Å². The van der Waals surface area contributed by atoms with Crippen LogP contribution < -0.4 is 5.32 Å². The molecule has 0 saturated carbocycles. The molecule has 0 aliphatic carbocycles. The molecule has 0 amide bonds. The first-order valence-electron chi connectivity index (χ1n) is 11.6. The molecule has 0 bridgehead atoms. The lowest BCUT2D eigenvalue weighted by Crippen LogP contribution is -2.18. The van der Waals surface area contributed by atoms with Gasteiger partial charge < -0.3 is 15.2 Å². The first-order chi connectivity index (χ1) is 17.0. The largest absolute Gasteiger partial charge is 0.505 e. The minimum Gasteiger partial charge on any atom is -0.505 e. The summed E-state index contributed by atoms with van der Waals surface area (Å²) in [5, 5.41) is 14.7. The fourth-order valence-electron chi connectivity index (χ4n) is 4.57. The molecule has 1 aliphatic rings. The number of aldehydes is 1. The average molecular weight is 668 g/mol. The van der Waals surface area contributed by atoms with Gasteiger partial charge in [0.25, 0.3) is 0 Å². The second-order valence-corrected chi connectivity index (χ2v) is 9.67. The van der Waals surface area contributed by atoms with Gasteiger partial charge in [-0.2, -0.15) is 0 Å². The zero-order valence-electron chi connectivity index (χ0n) is 19.9. The zero-order chi connectivity index (χ0) is 24.4. The van der Waals surface area contributed by atoms with Crippen molar-refractivity contribution in [3.63, 3.8) is 0 Å². The number of hydrogen-bond donors (Lipinski definition) is 2. The number of halogens is 4. The molecule has 2 heterocycles. The van der Waals surface area contributed by atoms with Crippen LogP contribution in [-0.2, 0) is 17.8 Å². The zero-order valence-corrected chi connectivity index (χ0v) is 24.9. The number of aromatic nitrogens is 1. The quantitative estimate of drug-likeness (QED) is 0.195. The number of phenolic OH excluding ortho intramolecular Hbond substituents is 1. The number of phenols is 1. The molecular weight excluding hydrogens is 641 g/mol. The Morgan fingerprint density at radius 3 is 2.27 bits per heavy atom. The number of likely N-dealkylation sites (tertiary alicyclic amines) is 1. The van der Waals surface area contributed by atoms with E-state index in [1.807, 2.05) is 18.2 Å². The molecule has 4 aromatic rings. The lowest BCUT2D eigenvalue weighted by Gasteiger charge is -2.17. The molecule has 9 heteroatoms. The molecule has 5 nitrogen and oxygen atoms in total. The van der Waals surface area contributed by atoms with Crippen LogP contribution in [0.4, 0.5) is 11.4 Å². The molecular formula is C28H27Br2Cl2N3O2. The number of nitrogens with zero attached hydrogens (tertiary/aromatic N) is 2. The number of nitrogens with one attached hydrogen (secondary N) is 1. The van der Waals surface area contributed by atoms with E-state index < -0.39 is 0 Å². The summed E-state index contributed by atoms with van der Waals surface area (Å²) in [6.07, 6.45) is 5.43. The number of fused-ring (bicyclic) bond motifs is 1. The highest BCUT2D eigenvalue weighted by atomic mass is 79.9. The molecule has 0 spiro atoms. The van der Waals surface area contributed by atoms with E-state index in [1.54, 1.807) is 18.3 Å². The Kier molecular flexibility index (Phi) is 10.4. The number of benzene rings is 3.